The molecule has 0 radical (unpaired) electrons. The van der Waals surface area contributed by atoms with E-state index in [4.69, 9.17) is 0 Å². The Labute approximate surface area is 182 Å². The second-order valence-electron chi connectivity index (χ2n) is 5.79. The minimum Gasteiger partial charge on any atom is -0.744 e. The number of hydrogen-bond acceptors (Lipinski definition) is 3. The number of benzene rings is 2. The summed E-state index contributed by atoms with van der Waals surface area (Å²) in [4.78, 5) is -0.150. The van der Waals surface area contributed by atoms with E-state index >= 15 is 0 Å². The average molecular weight is 359 g/mol. The van der Waals surface area contributed by atoms with Crippen LogP contribution in [0, 0.1) is 0 Å². The third kappa shape index (κ3) is 5.92. The summed E-state index contributed by atoms with van der Waals surface area (Å²) in [5, 5.41) is 1.84. The topological polar surface area (TPSA) is 57.2 Å². The minimum atomic E-state index is -4.40. The summed E-state index contributed by atoms with van der Waals surface area (Å²) in [6.07, 6.45) is 6.59. The minimum absolute atomic E-state index is 0. The monoisotopic (exact) mass is 358 g/mol. The zero-order valence-corrected chi connectivity index (χ0v) is 18.2. The Morgan fingerprint density at radius 2 is 1.39 bits per heavy atom. The SMILES string of the molecule is CCCCc1cc2ccc(S(=O)(=O)[O-])cc2cc1CCCC.[K+]. The van der Waals surface area contributed by atoms with Gasteiger partial charge in [0, 0.05) is 0 Å². The van der Waals surface area contributed by atoms with Crippen molar-refractivity contribution in [2.75, 3.05) is 0 Å². The van der Waals surface area contributed by atoms with Crippen LogP contribution in [0.2, 0.25) is 0 Å². The maximum Gasteiger partial charge on any atom is 1.00 e. The number of unbranched alkanes of at least 4 members (excludes halogenated alkanes) is 2. The molecule has 0 saturated carbocycles. The van der Waals surface area contributed by atoms with Crippen molar-refractivity contribution in [3.63, 3.8) is 0 Å². The molecule has 0 saturated heterocycles. The molecule has 5 heteroatoms. The number of rotatable bonds is 7. The normalized spacial score (nSPS) is 11.4. The van der Waals surface area contributed by atoms with Gasteiger partial charge in [-0.25, -0.2) is 8.42 Å². The van der Waals surface area contributed by atoms with Gasteiger partial charge in [-0.05, 0) is 59.7 Å². The molecule has 0 bridgehead atoms. The van der Waals surface area contributed by atoms with E-state index in [1.165, 1.54) is 23.3 Å². The van der Waals surface area contributed by atoms with Crippen molar-refractivity contribution >= 4 is 20.9 Å². The molecule has 2 aromatic rings. The molecule has 0 heterocycles. The first kappa shape index (κ1) is 21.3. The average Bonchev–Trinajstić information content (AvgIpc) is 2.48. The molecule has 120 valence electrons. The van der Waals surface area contributed by atoms with E-state index in [0.717, 1.165) is 49.3 Å². The van der Waals surface area contributed by atoms with Gasteiger partial charge in [-0.1, -0.05) is 44.9 Å². The van der Waals surface area contributed by atoms with Crippen molar-refractivity contribution in [2.24, 2.45) is 0 Å². The molecule has 0 aliphatic carbocycles. The number of aryl methyl sites for hydroxylation is 2. The van der Waals surface area contributed by atoms with Crippen molar-refractivity contribution in [3.8, 4) is 0 Å². The van der Waals surface area contributed by atoms with Gasteiger partial charge in [0.2, 0.25) is 0 Å². The molecule has 3 nitrogen and oxygen atoms in total. The molecule has 2 rings (SSSR count). The van der Waals surface area contributed by atoms with Crippen LogP contribution in [0.15, 0.2) is 35.2 Å². The molecule has 0 N–H and O–H groups in total. The molecule has 0 aliphatic rings. The van der Waals surface area contributed by atoms with Crippen LogP contribution in [-0.2, 0) is 23.0 Å². The van der Waals surface area contributed by atoms with Crippen LogP contribution in [0.4, 0.5) is 0 Å². The molecule has 0 unspecified atom stereocenters. The fourth-order valence-corrected chi connectivity index (χ4v) is 3.23. The summed E-state index contributed by atoms with van der Waals surface area (Å²) < 4.78 is 33.6. The molecule has 0 amide bonds. The van der Waals surface area contributed by atoms with Crippen LogP contribution >= 0.6 is 0 Å². The summed E-state index contributed by atoms with van der Waals surface area (Å²) in [5.41, 5.74) is 2.63. The molecule has 23 heavy (non-hydrogen) atoms. The van der Waals surface area contributed by atoms with Gasteiger partial charge >= 0.3 is 51.4 Å². The van der Waals surface area contributed by atoms with Gasteiger partial charge in [-0.2, -0.15) is 0 Å². The van der Waals surface area contributed by atoms with Gasteiger partial charge in [-0.3, -0.25) is 0 Å². The second kappa shape index (κ2) is 9.66. The molecule has 0 aliphatic heterocycles. The largest absolute Gasteiger partial charge is 1.00 e. The van der Waals surface area contributed by atoms with Crippen LogP contribution < -0.4 is 51.4 Å². The summed E-state index contributed by atoms with van der Waals surface area (Å²) in [6.45, 7) is 4.34. The maximum atomic E-state index is 11.2. The smallest absolute Gasteiger partial charge is 0.744 e. The summed E-state index contributed by atoms with van der Waals surface area (Å²) in [7, 11) is -4.40. The third-order valence-electron chi connectivity index (χ3n) is 4.02. The third-order valence-corrected chi connectivity index (χ3v) is 4.85. The zero-order chi connectivity index (χ0) is 16.2. The Balaban J connectivity index is 0.00000264. The number of fused-ring (bicyclic) bond motifs is 1. The van der Waals surface area contributed by atoms with E-state index in [2.05, 4.69) is 26.0 Å². The van der Waals surface area contributed by atoms with Gasteiger partial charge in [0.25, 0.3) is 0 Å². The van der Waals surface area contributed by atoms with E-state index < -0.39 is 10.1 Å². The molecule has 0 fully saturated rings. The van der Waals surface area contributed by atoms with Crippen molar-refractivity contribution < 1.29 is 64.4 Å². The molecular formula is C18H23KO3S. The van der Waals surface area contributed by atoms with Crippen molar-refractivity contribution in [1.29, 1.82) is 0 Å². The van der Waals surface area contributed by atoms with E-state index in [9.17, 15) is 13.0 Å². The van der Waals surface area contributed by atoms with Crippen molar-refractivity contribution in [3.05, 3.63) is 41.5 Å². The van der Waals surface area contributed by atoms with Gasteiger partial charge in [0.1, 0.15) is 10.1 Å². The van der Waals surface area contributed by atoms with Crippen molar-refractivity contribution in [2.45, 2.75) is 57.3 Å². The van der Waals surface area contributed by atoms with Crippen LogP contribution in [0.5, 0.6) is 0 Å². The van der Waals surface area contributed by atoms with Crippen molar-refractivity contribution in [1.82, 2.24) is 0 Å². The fraction of sp³-hybridized carbons (Fsp3) is 0.444. The first-order valence-electron chi connectivity index (χ1n) is 7.97. The Kier molecular flexibility index (Phi) is 8.94. The summed E-state index contributed by atoms with van der Waals surface area (Å²) >= 11 is 0. The molecular weight excluding hydrogens is 335 g/mol. The molecule has 2 aromatic carbocycles. The first-order valence-corrected chi connectivity index (χ1v) is 9.38. The Morgan fingerprint density at radius 3 is 1.87 bits per heavy atom. The Morgan fingerprint density at radius 1 is 0.870 bits per heavy atom. The Bertz CT molecular complexity index is 754. The summed E-state index contributed by atoms with van der Waals surface area (Å²) in [6, 6.07) is 8.84. The molecule has 0 atom stereocenters. The van der Waals surface area contributed by atoms with Gasteiger partial charge in [-0.15, -0.1) is 0 Å². The van der Waals surface area contributed by atoms with E-state index in [-0.39, 0.29) is 56.3 Å². The maximum absolute atomic E-state index is 11.2. The molecule has 0 spiro atoms. The van der Waals surface area contributed by atoms with Crippen LogP contribution in [0.1, 0.15) is 50.7 Å². The Hall–Kier alpha value is 0.246. The van der Waals surface area contributed by atoms with E-state index in [0.29, 0.717) is 0 Å². The second-order valence-corrected chi connectivity index (χ2v) is 7.17. The summed E-state index contributed by atoms with van der Waals surface area (Å²) in [5.74, 6) is 0. The van der Waals surface area contributed by atoms with Gasteiger partial charge < -0.3 is 4.55 Å². The predicted molar refractivity (Wildman–Crippen MR) is 89.1 cm³/mol. The predicted octanol–water partition coefficient (Wildman–Crippen LogP) is 1.43. The quantitative estimate of drug-likeness (QED) is 0.556. The standard InChI is InChI=1S/C18H24O3S.K/c1-3-5-7-14-11-16-9-10-18(22(19,20)21)13-17(16)12-15(14)8-6-4-2;/h9-13H,3-8H2,1-2H3,(H,19,20,21);/q;+1/p-1. The van der Waals surface area contributed by atoms with Gasteiger partial charge in [0.05, 0.1) is 4.90 Å². The number of hydrogen-bond donors (Lipinski definition) is 0. The van der Waals surface area contributed by atoms with E-state index in [1.54, 1.807) is 6.07 Å². The van der Waals surface area contributed by atoms with E-state index in [1.807, 2.05) is 0 Å². The van der Waals surface area contributed by atoms with Crippen LogP contribution in [0.3, 0.4) is 0 Å². The zero-order valence-electron chi connectivity index (χ0n) is 14.3. The van der Waals surface area contributed by atoms with Gasteiger partial charge in [0.15, 0.2) is 0 Å². The van der Waals surface area contributed by atoms with Crippen LogP contribution in [-0.4, -0.2) is 13.0 Å². The molecule has 0 aromatic heterocycles. The fourth-order valence-electron chi connectivity index (χ4n) is 2.73. The van der Waals surface area contributed by atoms with Crippen LogP contribution in [0.25, 0.3) is 10.8 Å². The first-order chi connectivity index (χ1) is 10.5.